The Balaban J connectivity index is 1.89. The Kier molecular flexibility index (Phi) is 5.25. The minimum Gasteiger partial charge on any atom is -0.465 e. The van der Waals surface area contributed by atoms with Crippen LogP contribution in [0.1, 0.15) is 18.9 Å². The predicted octanol–water partition coefficient (Wildman–Crippen LogP) is 0.388. The van der Waals surface area contributed by atoms with Crippen LogP contribution in [0.15, 0.2) is 35.5 Å². The summed E-state index contributed by atoms with van der Waals surface area (Å²) in [6, 6.07) is 6.55. The van der Waals surface area contributed by atoms with Crippen LogP contribution in [0.25, 0.3) is 0 Å². The molecule has 27 heavy (non-hydrogen) atoms. The van der Waals surface area contributed by atoms with Crippen LogP contribution in [0.4, 0.5) is 5.69 Å². The maximum Gasteiger partial charge on any atom is 0.343 e. The molecule has 2 aliphatic rings. The standard InChI is InChI=1S/C19H21N3O5/c1-3-11-4-6-12(7-5-11)21-17(24)13-10-14(23)15(19(26)27-2)16-18(25)20-8-9-22(13)16/h4-7,13H,3,8-10H2,1-2H3,(H,20,25)(H,21,24). The molecule has 1 aromatic carbocycles. The van der Waals surface area contributed by atoms with Gasteiger partial charge in [-0.3, -0.25) is 14.4 Å². The molecule has 2 aliphatic heterocycles. The third kappa shape index (κ3) is 3.55. The van der Waals surface area contributed by atoms with E-state index in [0.29, 0.717) is 18.8 Å². The second-order valence-corrected chi connectivity index (χ2v) is 6.35. The second-order valence-electron chi connectivity index (χ2n) is 6.35. The summed E-state index contributed by atoms with van der Waals surface area (Å²) in [5.41, 5.74) is 1.36. The molecule has 0 saturated carbocycles. The molecule has 0 aromatic heterocycles. The van der Waals surface area contributed by atoms with E-state index in [4.69, 9.17) is 0 Å². The van der Waals surface area contributed by atoms with Crippen molar-refractivity contribution in [2.45, 2.75) is 25.8 Å². The molecule has 1 atom stereocenters. The molecule has 0 radical (unpaired) electrons. The molecule has 1 unspecified atom stereocenters. The molecule has 1 aromatic rings. The summed E-state index contributed by atoms with van der Waals surface area (Å²) in [7, 11) is 1.15. The lowest BCUT2D eigenvalue weighted by Gasteiger charge is -2.40. The number of anilines is 1. The number of esters is 1. The Bertz CT molecular complexity index is 828. The Morgan fingerprint density at radius 2 is 1.96 bits per heavy atom. The van der Waals surface area contributed by atoms with Gasteiger partial charge in [0, 0.05) is 25.2 Å². The molecule has 2 heterocycles. The Labute approximate surface area is 156 Å². The number of hydrogen-bond donors (Lipinski definition) is 2. The highest BCUT2D eigenvalue weighted by Crippen LogP contribution is 2.28. The van der Waals surface area contributed by atoms with Crippen molar-refractivity contribution in [1.29, 1.82) is 0 Å². The number of methoxy groups -OCH3 is 1. The first kappa shape index (κ1) is 18.6. The van der Waals surface area contributed by atoms with E-state index in [0.717, 1.165) is 19.1 Å². The Hall–Kier alpha value is -3.16. The maximum atomic E-state index is 12.8. The quantitative estimate of drug-likeness (QED) is 0.586. The van der Waals surface area contributed by atoms with Gasteiger partial charge in [-0.25, -0.2) is 4.79 Å². The number of rotatable bonds is 4. The molecular weight excluding hydrogens is 350 g/mol. The van der Waals surface area contributed by atoms with E-state index in [9.17, 15) is 19.2 Å². The number of Topliss-reactive ketones (excluding diaryl/α,β-unsaturated/α-hetero) is 1. The number of piperazine rings is 1. The van der Waals surface area contributed by atoms with E-state index in [1.807, 2.05) is 19.1 Å². The molecule has 0 bridgehead atoms. The molecule has 2 amide bonds. The van der Waals surface area contributed by atoms with Crippen LogP contribution < -0.4 is 10.6 Å². The summed E-state index contributed by atoms with van der Waals surface area (Å²) in [6.07, 6.45) is 0.693. The van der Waals surface area contributed by atoms with Crippen molar-refractivity contribution in [1.82, 2.24) is 10.2 Å². The minimum atomic E-state index is -0.869. The zero-order valence-electron chi connectivity index (χ0n) is 15.2. The van der Waals surface area contributed by atoms with Crippen molar-refractivity contribution in [3.63, 3.8) is 0 Å². The average molecular weight is 371 g/mol. The number of nitrogens with one attached hydrogen (secondary N) is 2. The summed E-state index contributed by atoms with van der Waals surface area (Å²) >= 11 is 0. The molecule has 0 aliphatic carbocycles. The van der Waals surface area contributed by atoms with Crippen molar-refractivity contribution in [2.24, 2.45) is 0 Å². The van der Waals surface area contributed by atoms with E-state index in [-0.39, 0.29) is 17.7 Å². The largest absolute Gasteiger partial charge is 0.465 e. The van der Waals surface area contributed by atoms with E-state index in [1.165, 1.54) is 4.90 Å². The molecule has 142 valence electrons. The first-order valence-corrected chi connectivity index (χ1v) is 8.76. The molecular formula is C19H21N3O5. The van der Waals surface area contributed by atoms with E-state index < -0.39 is 29.6 Å². The normalized spacial score (nSPS) is 19.3. The van der Waals surface area contributed by atoms with Crippen molar-refractivity contribution in [3.8, 4) is 0 Å². The molecule has 0 spiro atoms. The number of fused-ring (bicyclic) bond motifs is 1. The summed E-state index contributed by atoms with van der Waals surface area (Å²) in [5.74, 6) is -2.40. The zero-order chi connectivity index (χ0) is 19.6. The van der Waals surface area contributed by atoms with E-state index >= 15 is 0 Å². The Morgan fingerprint density at radius 1 is 1.26 bits per heavy atom. The van der Waals surface area contributed by atoms with Gasteiger partial charge < -0.3 is 20.3 Å². The van der Waals surface area contributed by atoms with Gasteiger partial charge in [0.2, 0.25) is 5.91 Å². The Morgan fingerprint density at radius 3 is 2.59 bits per heavy atom. The van der Waals surface area contributed by atoms with Gasteiger partial charge in [-0.2, -0.15) is 0 Å². The van der Waals surface area contributed by atoms with Crippen LogP contribution in [0.2, 0.25) is 0 Å². The summed E-state index contributed by atoms with van der Waals surface area (Å²) in [6.45, 7) is 2.68. The number of aryl methyl sites for hydroxylation is 1. The third-order valence-corrected chi connectivity index (χ3v) is 4.73. The molecule has 2 N–H and O–H groups in total. The van der Waals surface area contributed by atoms with Gasteiger partial charge in [0.05, 0.1) is 7.11 Å². The fourth-order valence-corrected chi connectivity index (χ4v) is 3.30. The topological polar surface area (TPSA) is 105 Å². The first-order chi connectivity index (χ1) is 13.0. The summed E-state index contributed by atoms with van der Waals surface area (Å²) < 4.78 is 4.65. The average Bonchev–Trinajstić information content (AvgIpc) is 2.68. The highest BCUT2D eigenvalue weighted by atomic mass is 16.5. The van der Waals surface area contributed by atoms with Crippen LogP contribution >= 0.6 is 0 Å². The second kappa shape index (κ2) is 7.61. The summed E-state index contributed by atoms with van der Waals surface area (Å²) in [4.78, 5) is 51.1. The van der Waals surface area contributed by atoms with Crippen molar-refractivity contribution < 1.29 is 23.9 Å². The fourth-order valence-electron chi connectivity index (χ4n) is 3.30. The highest BCUT2D eigenvalue weighted by molar-refractivity contribution is 6.24. The molecule has 8 nitrogen and oxygen atoms in total. The SMILES string of the molecule is CCc1ccc(NC(=O)C2CC(=O)C(C(=O)OC)=C3C(=O)NCCN32)cc1. The van der Waals surface area contributed by atoms with Crippen LogP contribution in [0.3, 0.4) is 0 Å². The molecule has 8 heteroatoms. The van der Waals surface area contributed by atoms with Crippen LogP contribution in [0, 0.1) is 0 Å². The van der Waals surface area contributed by atoms with Crippen molar-refractivity contribution in [2.75, 3.05) is 25.5 Å². The zero-order valence-corrected chi connectivity index (χ0v) is 15.2. The van der Waals surface area contributed by atoms with Crippen molar-refractivity contribution >= 4 is 29.3 Å². The summed E-state index contributed by atoms with van der Waals surface area (Å²) in [5, 5.41) is 5.39. The predicted molar refractivity (Wildman–Crippen MR) is 96.6 cm³/mol. The van der Waals surface area contributed by atoms with Crippen LogP contribution in [0.5, 0.6) is 0 Å². The lowest BCUT2D eigenvalue weighted by Crippen LogP contribution is -2.57. The number of hydrogen-bond acceptors (Lipinski definition) is 6. The third-order valence-electron chi connectivity index (χ3n) is 4.73. The van der Waals surface area contributed by atoms with Gasteiger partial charge in [0.25, 0.3) is 5.91 Å². The number of carbonyl (C=O) groups is 4. The number of amides is 2. The molecule has 1 saturated heterocycles. The molecule has 3 rings (SSSR count). The lowest BCUT2D eigenvalue weighted by atomic mass is 9.92. The monoisotopic (exact) mass is 371 g/mol. The number of ketones is 1. The lowest BCUT2D eigenvalue weighted by molar-refractivity contribution is -0.141. The van der Waals surface area contributed by atoms with Crippen LogP contribution in [-0.2, 0) is 30.3 Å². The van der Waals surface area contributed by atoms with Gasteiger partial charge in [-0.05, 0) is 24.1 Å². The van der Waals surface area contributed by atoms with Gasteiger partial charge in [-0.1, -0.05) is 19.1 Å². The molecule has 1 fully saturated rings. The highest BCUT2D eigenvalue weighted by Gasteiger charge is 2.44. The minimum absolute atomic E-state index is 0.0918. The van der Waals surface area contributed by atoms with Crippen LogP contribution in [-0.4, -0.2) is 54.7 Å². The number of nitrogens with zero attached hydrogens (tertiary/aromatic N) is 1. The smallest absolute Gasteiger partial charge is 0.343 e. The van der Waals surface area contributed by atoms with Gasteiger partial charge in [0.15, 0.2) is 5.78 Å². The van der Waals surface area contributed by atoms with Crippen molar-refractivity contribution in [3.05, 3.63) is 41.1 Å². The van der Waals surface area contributed by atoms with Gasteiger partial charge >= 0.3 is 5.97 Å². The fraction of sp³-hybridized carbons (Fsp3) is 0.368. The van der Waals surface area contributed by atoms with E-state index in [2.05, 4.69) is 15.4 Å². The van der Waals surface area contributed by atoms with Gasteiger partial charge in [-0.15, -0.1) is 0 Å². The van der Waals surface area contributed by atoms with E-state index in [1.54, 1.807) is 12.1 Å². The maximum absolute atomic E-state index is 12.8. The number of ether oxygens (including phenoxy) is 1. The number of benzene rings is 1. The van der Waals surface area contributed by atoms with Gasteiger partial charge in [0.1, 0.15) is 17.3 Å². The number of carbonyl (C=O) groups excluding carboxylic acids is 4. The first-order valence-electron chi connectivity index (χ1n) is 8.76.